The number of nitrogens with zero attached hydrogens (tertiary/aromatic N) is 2. The van der Waals surface area contributed by atoms with E-state index in [1.54, 1.807) is 0 Å². The van der Waals surface area contributed by atoms with E-state index in [9.17, 15) is 4.79 Å². The predicted octanol–water partition coefficient (Wildman–Crippen LogP) is 1.16. The predicted molar refractivity (Wildman–Crippen MR) is 95.8 cm³/mol. The smallest absolute Gasteiger partial charge is 0.254 e. The maximum Gasteiger partial charge on any atom is 0.254 e. The third-order valence-corrected chi connectivity index (χ3v) is 4.05. The van der Waals surface area contributed by atoms with Gasteiger partial charge < -0.3 is 26.8 Å². The summed E-state index contributed by atoms with van der Waals surface area (Å²) in [5, 5.41) is 6.35. The van der Waals surface area contributed by atoms with E-state index in [2.05, 4.69) is 20.6 Å². The minimum absolute atomic E-state index is 0.0139. The van der Waals surface area contributed by atoms with E-state index in [0.29, 0.717) is 25.0 Å². The van der Waals surface area contributed by atoms with E-state index in [1.807, 2.05) is 31.2 Å². The first-order valence-electron chi connectivity index (χ1n) is 8.13. The molecule has 1 aromatic carbocycles. The van der Waals surface area contributed by atoms with Crippen molar-refractivity contribution in [2.75, 3.05) is 23.8 Å². The Hall–Kier alpha value is -2.71. The van der Waals surface area contributed by atoms with Crippen molar-refractivity contribution in [3.05, 3.63) is 41.6 Å². The number of primary amides is 1. The van der Waals surface area contributed by atoms with Gasteiger partial charge in [-0.15, -0.1) is 0 Å². The second kappa shape index (κ2) is 7.45. The van der Waals surface area contributed by atoms with Crippen LogP contribution in [0, 0.1) is 6.92 Å². The topological polar surface area (TPSA) is 128 Å². The highest BCUT2D eigenvalue weighted by Gasteiger charge is 2.23. The zero-order chi connectivity index (χ0) is 17.8. The van der Waals surface area contributed by atoms with Crippen molar-refractivity contribution >= 4 is 23.4 Å². The molecule has 1 amide bonds. The fourth-order valence-electron chi connectivity index (χ4n) is 2.69. The molecule has 0 bridgehead atoms. The van der Waals surface area contributed by atoms with Gasteiger partial charge in [0.2, 0.25) is 5.95 Å². The van der Waals surface area contributed by atoms with Crippen LogP contribution < -0.4 is 22.1 Å². The number of benzene rings is 1. The molecule has 0 unspecified atom stereocenters. The van der Waals surface area contributed by atoms with Crippen LogP contribution in [0.4, 0.5) is 17.5 Å². The number of hydrogen-bond acceptors (Lipinski definition) is 7. The second-order valence-corrected chi connectivity index (χ2v) is 6.09. The van der Waals surface area contributed by atoms with Crippen LogP contribution in [-0.2, 0) is 4.74 Å². The van der Waals surface area contributed by atoms with E-state index in [1.165, 1.54) is 6.20 Å². The molecule has 8 heteroatoms. The third kappa shape index (κ3) is 4.23. The fourth-order valence-corrected chi connectivity index (χ4v) is 2.69. The summed E-state index contributed by atoms with van der Waals surface area (Å²) in [5.41, 5.74) is 13.6. The number of carbonyl (C=O) groups excluding carboxylic acids is 1. The lowest BCUT2D eigenvalue weighted by molar-refractivity contribution is 0.0751. The molecule has 1 fully saturated rings. The number of aromatic nitrogens is 2. The van der Waals surface area contributed by atoms with Gasteiger partial charge in [0.1, 0.15) is 11.4 Å². The normalized spacial score (nSPS) is 20.1. The van der Waals surface area contributed by atoms with Crippen LogP contribution in [0.5, 0.6) is 0 Å². The number of ether oxygens (including phenoxy) is 1. The Balaban J connectivity index is 1.85. The Morgan fingerprint density at radius 3 is 2.96 bits per heavy atom. The molecule has 25 heavy (non-hydrogen) atoms. The third-order valence-electron chi connectivity index (χ3n) is 4.05. The van der Waals surface area contributed by atoms with Gasteiger partial charge in [-0.25, -0.2) is 4.98 Å². The van der Waals surface area contributed by atoms with Crippen molar-refractivity contribution in [2.24, 2.45) is 11.5 Å². The highest BCUT2D eigenvalue weighted by Crippen LogP contribution is 2.21. The molecule has 2 heterocycles. The van der Waals surface area contributed by atoms with Gasteiger partial charge in [0.15, 0.2) is 0 Å². The summed E-state index contributed by atoms with van der Waals surface area (Å²) >= 11 is 0. The minimum atomic E-state index is -0.593. The van der Waals surface area contributed by atoms with Crippen molar-refractivity contribution in [1.82, 2.24) is 9.97 Å². The zero-order valence-corrected chi connectivity index (χ0v) is 14.0. The van der Waals surface area contributed by atoms with E-state index >= 15 is 0 Å². The molecule has 6 N–H and O–H groups in total. The van der Waals surface area contributed by atoms with Gasteiger partial charge in [0.25, 0.3) is 5.91 Å². The van der Waals surface area contributed by atoms with Crippen LogP contribution in [-0.4, -0.2) is 41.2 Å². The monoisotopic (exact) mass is 342 g/mol. The number of nitrogens with one attached hydrogen (secondary N) is 2. The quantitative estimate of drug-likeness (QED) is 0.641. The first-order valence-corrected chi connectivity index (χ1v) is 8.13. The van der Waals surface area contributed by atoms with Gasteiger partial charge in [-0.2, -0.15) is 4.98 Å². The molecule has 1 aliphatic heterocycles. The van der Waals surface area contributed by atoms with Gasteiger partial charge in [-0.1, -0.05) is 12.1 Å². The Bertz CT molecular complexity index is 767. The molecule has 0 radical (unpaired) electrons. The van der Waals surface area contributed by atoms with Crippen LogP contribution in [0.1, 0.15) is 22.3 Å². The van der Waals surface area contributed by atoms with Crippen LogP contribution in [0.15, 0.2) is 30.5 Å². The van der Waals surface area contributed by atoms with Crippen LogP contribution >= 0.6 is 0 Å². The summed E-state index contributed by atoms with van der Waals surface area (Å²) in [6.07, 6.45) is 2.18. The average molecular weight is 342 g/mol. The van der Waals surface area contributed by atoms with Crippen LogP contribution in [0.25, 0.3) is 0 Å². The molecule has 132 valence electrons. The molecule has 0 aliphatic carbocycles. The lowest BCUT2D eigenvalue weighted by Gasteiger charge is -2.29. The SMILES string of the molecule is Cc1cccc(Nc2nc(N[C@@H]3CCOC[C@@H]3N)ncc2C(N)=O)c1. The number of amides is 1. The molecule has 1 aliphatic rings. The van der Waals surface area contributed by atoms with Gasteiger partial charge in [0, 0.05) is 30.6 Å². The molecule has 2 aromatic rings. The Morgan fingerprint density at radius 1 is 1.40 bits per heavy atom. The molecule has 1 aromatic heterocycles. The van der Waals surface area contributed by atoms with Gasteiger partial charge >= 0.3 is 0 Å². The van der Waals surface area contributed by atoms with Crippen molar-refractivity contribution in [3.8, 4) is 0 Å². The zero-order valence-electron chi connectivity index (χ0n) is 14.0. The summed E-state index contributed by atoms with van der Waals surface area (Å²) in [6, 6.07) is 7.62. The van der Waals surface area contributed by atoms with Gasteiger partial charge in [-0.3, -0.25) is 4.79 Å². The van der Waals surface area contributed by atoms with Gasteiger partial charge in [-0.05, 0) is 31.0 Å². The maximum atomic E-state index is 11.7. The molecule has 0 saturated carbocycles. The summed E-state index contributed by atoms with van der Waals surface area (Å²) in [4.78, 5) is 20.3. The molecule has 8 nitrogen and oxygen atoms in total. The van der Waals surface area contributed by atoms with Crippen molar-refractivity contribution in [1.29, 1.82) is 0 Å². The number of hydrogen-bond donors (Lipinski definition) is 4. The number of rotatable bonds is 5. The van der Waals surface area contributed by atoms with E-state index < -0.39 is 5.91 Å². The van der Waals surface area contributed by atoms with Crippen LogP contribution in [0.2, 0.25) is 0 Å². The van der Waals surface area contributed by atoms with E-state index in [4.69, 9.17) is 16.2 Å². The number of anilines is 3. The molecule has 3 rings (SSSR count). The average Bonchev–Trinajstić information content (AvgIpc) is 2.57. The lowest BCUT2D eigenvalue weighted by atomic mass is 10.1. The van der Waals surface area contributed by atoms with E-state index in [-0.39, 0.29) is 17.6 Å². The van der Waals surface area contributed by atoms with E-state index in [0.717, 1.165) is 17.7 Å². The highest BCUT2D eigenvalue weighted by atomic mass is 16.5. The Morgan fingerprint density at radius 2 is 2.24 bits per heavy atom. The lowest BCUT2D eigenvalue weighted by Crippen LogP contribution is -2.47. The number of carbonyl (C=O) groups is 1. The van der Waals surface area contributed by atoms with Crippen molar-refractivity contribution in [3.63, 3.8) is 0 Å². The molecular formula is C17H22N6O2. The Kier molecular flexibility index (Phi) is 5.11. The molecule has 0 spiro atoms. The minimum Gasteiger partial charge on any atom is -0.380 e. The highest BCUT2D eigenvalue weighted by molar-refractivity contribution is 5.98. The summed E-state index contributed by atoms with van der Waals surface area (Å²) in [6.45, 7) is 3.12. The standard InChI is InChI=1S/C17H22N6O2/c1-10-3-2-4-11(7-10)21-16-12(15(19)24)8-20-17(23-16)22-14-5-6-25-9-13(14)18/h2-4,7-8,13-14H,5-6,9,18H2,1H3,(H2,19,24)(H2,20,21,22,23)/t13-,14+/m0/s1. The number of aryl methyl sites for hydroxylation is 1. The van der Waals surface area contributed by atoms with Gasteiger partial charge in [0.05, 0.1) is 6.61 Å². The fraction of sp³-hybridized carbons (Fsp3) is 0.353. The molecule has 1 saturated heterocycles. The molecular weight excluding hydrogens is 320 g/mol. The largest absolute Gasteiger partial charge is 0.380 e. The summed E-state index contributed by atoms with van der Waals surface area (Å²) in [5.74, 6) is 0.156. The first-order chi connectivity index (χ1) is 12.0. The van der Waals surface area contributed by atoms with Crippen molar-refractivity contribution < 1.29 is 9.53 Å². The molecule has 2 atom stereocenters. The second-order valence-electron chi connectivity index (χ2n) is 6.09. The van der Waals surface area contributed by atoms with Crippen LogP contribution in [0.3, 0.4) is 0 Å². The Labute approximate surface area is 146 Å². The first kappa shape index (κ1) is 17.1. The maximum absolute atomic E-state index is 11.7. The summed E-state index contributed by atoms with van der Waals surface area (Å²) < 4.78 is 5.33. The summed E-state index contributed by atoms with van der Waals surface area (Å²) in [7, 11) is 0. The van der Waals surface area contributed by atoms with Crippen molar-refractivity contribution in [2.45, 2.75) is 25.4 Å². The number of nitrogens with two attached hydrogens (primary N) is 2.